The molecule has 0 saturated carbocycles. The van der Waals surface area contributed by atoms with Crippen LogP contribution in [0, 0.1) is 15.9 Å². The van der Waals surface area contributed by atoms with E-state index in [0.717, 1.165) is 30.4 Å². The highest BCUT2D eigenvalue weighted by Gasteiger charge is 2.09. The minimum atomic E-state index is -0.642. The van der Waals surface area contributed by atoms with Crippen molar-refractivity contribution in [3.05, 3.63) is 45.8 Å². The van der Waals surface area contributed by atoms with Crippen LogP contribution in [0.2, 0.25) is 0 Å². The maximum absolute atomic E-state index is 13.2. The second-order valence-corrected chi connectivity index (χ2v) is 3.05. The molecule has 0 aliphatic carbocycles. The Kier molecular flexibility index (Phi) is 4.33. The van der Waals surface area contributed by atoms with E-state index < -0.39 is 16.7 Å². The number of nitro groups is 1. The first kappa shape index (κ1) is 12.8. The molecule has 1 aromatic carbocycles. The van der Waals surface area contributed by atoms with Crippen molar-refractivity contribution < 1.29 is 18.8 Å². The van der Waals surface area contributed by atoms with Gasteiger partial charge in [-0.25, -0.2) is 9.18 Å². The van der Waals surface area contributed by atoms with E-state index in [1.165, 1.54) is 0 Å². The third-order valence-electron chi connectivity index (χ3n) is 1.88. The summed E-state index contributed by atoms with van der Waals surface area (Å²) in [6.07, 6.45) is 2.16. The Labute approximate surface area is 96.7 Å². The number of ether oxygens (including phenoxy) is 1. The van der Waals surface area contributed by atoms with Crippen LogP contribution >= 0.6 is 0 Å². The Hall–Kier alpha value is -2.24. The minimum Gasteiger partial charge on any atom is -0.463 e. The molecule has 0 aliphatic rings. The van der Waals surface area contributed by atoms with Gasteiger partial charge < -0.3 is 4.74 Å². The number of halogens is 1. The summed E-state index contributed by atoms with van der Waals surface area (Å²) in [4.78, 5) is 20.8. The first-order chi connectivity index (χ1) is 8.04. The molecule has 0 aliphatic heterocycles. The van der Waals surface area contributed by atoms with Crippen LogP contribution in [0.3, 0.4) is 0 Å². The van der Waals surface area contributed by atoms with Gasteiger partial charge in [0.15, 0.2) is 0 Å². The van der Waals surface area contributed by atoms with Crippen molar-refractivity contribution >= 4 is 17.7 Å². The van der Waals surface area contributed by atoms with Crippen LogP contribution in [-0.4, -0.2) is 17.5 Å². The van der Waals surface area contributed by atoms with Crippen molar-refractivity contribution in [3.8, 4) is 0 Å². The Morgan fingerprint density at radius 1 is 1.59 bits per heavy atom. The molecule has 90 valence electrons. The van der Waals surface area contributed by atoms with Crippen molar-refractivity contribution in [2.45, 2.75) is 6.92 Å². The molecule has 0 atom stereocenters. The quantitative estimate of drug-likeness (QED) is 0.350. The predicted octanol–water partition coefficient (Wildman–Crippen LogP) is 2.31. The van der Waals surface area contributed by atoms with E-state index in [9.17, 15) is 19.3 Å². The number of benzene rings is 1. The van der Waals surface area contributed by atoms with Gasteiger partial charge in [0.25, 0.3) is 5.69 Å². The maximum atomic E-state index is 13.2. The number of nitrogens with zero attached hydrogens (tertiary/aromatic N) is 1. The molecule has 0 N–H and O–H groups in total. The van der Waals surface area contributed by atoms with Crippen molar-refractivity contribution in [3.63, 3.8) is 0 Å². The lowest BCUT2D eigenvalue weighted by Crippen LogP contribution is -1.99. The highest BCUT2D eigenvalue weighted by atomic mass is 19.1. The molecule has 0 aromatic heterocycles. The zero-order chi connectivity index (χ0) is 12.8. The van der Waals surface area contributed by atoms with Gasteiger partial charge in [-0.05, 0) is 19.1 Å². The molecule has 0 fully saturated rings. The van der Waals surface area contributed by atoms with E-state index >= 15 is 0 Å². The van der Waals surface area contributed by atoms with Crippen LogP contribution in [0.1, 0.15) is 12.5 Å². The average Bonchev–Trinajstić information content (AvgIpc) is 2.28. The number of hydrogen-bond donors (Lipinski definition) is 0. The van der Waals surface area contributed by atoms with Crippen molar-refractivity contribution in [2.24, 2.45) is 0 Å². The van der Waals surface area contributed by atoms with Gasteiger partial charge in [0.05, 0.1) is 11.5 Å². The van der Waals surface area contributed by atoms with Gasteiger partial charge in [0.1, 0.15) is 5.82 Å². The fourth-order valence-electron chi connectivity index (χ4n) is 1.12. The zero-order valence-electron chi connectivity index (χ0n) is 9.05. The monoisotopic (exact) mass is 239 g/mol. The topological polar surface area (TPSA) is 69.4 Å². The molecule has 0 radical (unpaired) electrons. The first-order valence-corrected chi connectivity index (χ1v) is 4.83. The number of nitro benzene ring substituents is 1. The van der Waals surface area contributed by atoms with E-state index in [-0.39, 0.29) is 17.9 Å². The Balaban J connectivity index is 2.93. The van der Waals surface area contributed by atoms with Gasteiger partial charge in [0, 0.05) is 23.8 Å². The number of esters is 1. The van der Waals surface area contributed by atoms with Crippen LogP contribution < -0.4 is 0 Å². The smallest absolute Gasteiger partial charge is 0.330 e. The lowest BCUT2D eigenvalue weighted by Gasteiger charge is -1.98. The Bertz CT molecular complexity index is 471. The summed E-state index contributed by atoms with van der Waals surface area (Å²) in [5.74, 6) is -1.27. The second kappa shape index (κ2) is 5.74. The number of non-ortho nitro benzene ring substituents is 1. The zero-order valence-corrected chi connectivity index (χ0v) is 9.05. The Morgan fingerprint density at radius 3 is 2.88 bits per heavy atom. The van der Waals surface area contributed by atoms with Crippen LogP contribution in [0.4, 0.5) is 10.1 Å². The molecule has 1 aromatic rings. The fraction of sp³-hybridized carbons (Fsp3) is 0.182. The average molecular weight is 239 g/mol. The molecule has 0 heterocycles. The molecule has 0 amide bonds. The third-order valence-corrected chi connectivity index (χ3v) is 1.88. The largest absolute Gasteiger partial charge is 0.463 e. The van der Waals surface area contributed by atoms with E-state index in [2.05, 4.69) is 4.74 Å². The van der Waals surface area contributed by atoms with Crippen molar-refractivity contribution in [2.75, 3.05) is 6.61 Å². The maximum Gasteiger partial charge on any atom is 0.330 e. The molecule has 0 unspecified atom stereocenters. The van der Waals surface area contributed by atoms with Crippen LogP contribution in [0.15, 0.2) is 24.3 Å². The minimum absolute atomic E-state index is 0.0350. The third kappa shape index (κ3) is 3.67. The standard InChI is InChI=1S/C11H10FNO4/c1-2-17-11(14)6-3-8-7-9(13(15)16)4-5-10(8)12/h3-7H,2H2,1H3/b6-3+. The molecule has 0 spiro atoms. The summed E-state index contributed by atoms with van der Waals surface area (Å²) in [5, 5.41) is 10.5. The summed E-state index contributed by atoms with van der Waals surface area (Å²) < 4.78 is 17.8. The lowest BCUT2D eigenvalue weighted by atomic mass is 10.2. The highest BCUT2D eigenvalue weighted by molar-refractivity contribution is 5.87. The SMILES string of the molecule is CCOC(=O)/C=C/c1cc([N+](=O)[O-])ccc1F. The van der Waals surface area contributed by atoms with Gasteiger partial charge in [-0.1, -0.05) is 0 Å². The first-order valence-electron chi connectivity index (χ1n) is 4.83. The second-order valence-electron chi connectivity index (χ2n) is 3.05. The summed E-state index contributed by atoms with van der Waals surface area (Å²) in [7, 11) is 0. The van der Waals surface area contributed by atoms with E-state index in [4.69, 9.17) is 0 Å². The van der Waals surface area contributed by atoms with Gasteiger partial charge >= 0.3 is 5.97 Å². The summed E-state index contributed by atoms with van der Waals surface area (Å²) in [6.45, 7) is 1.85. The molecule has 0 bridgehead atoms. The van der Waals surface area contributed by atoms with Crippen LogP contribution in [-0.2, 0) is 9.53 Å². The van der Waals surface area contributed by atoms with Gasteiger partial charge in [0.2, 0.25) is 0 Å². The van der Waals surface area contributed by atoms with Gasteiger partial charge in [-0.3, -0.25) is 10.1 Å². The van der Waals surface area contributed by atoms with Crippen LogP contribution in [0.5, 0.6) is 0 Å². The molecule has 5 nitrogen and oxygen atoms in total. The molecule has 6 heteroatoms. The molecular formula is C11H10FNO4. The summed E-state index contributed by atoms with van der Waals surface area (Å²) in [5.41, 5.74) is -0.276. The Morgan fingerprint density at radius 2 is 2.29 bits per heavy atom. The molecular weight excluding hydrogens is 229 g/mol. The summed E-state index contributed by atoms with van der Waals surface area (Å²) >= 11 is 0. The van der Waals surface area contributed by atoms with Crippen molar-refractivity contribution in [1.29, 1.82) is 0 Å². The predicted molar refractivity (Wildman–Crippen MR) is 58.7 cm³/mol. The normalized spacial score (nSPS) is 10.5. The molecule has 1 rings (SSSR count). The molecule has 17 heavy (non-hydrogen) atoms. The summed E-state index contributed by atoms with van der Waals surface area (Å²) in [6, 6.07) is 3.07. The number of carbonyl (C=O) groups is 1. The number of carbonyl (C=O) groups excluding carboxylic acids is 1. The fourth-order valence-corrected chi connectivity index (χ4v) is 1.12. The van der Waals surface area contributed by atoms with Gasteiger partial charge in [-0.2, -0.15) is 0 Å². The lowest BCUT2D eigenvalue weighted by molar-refractivity contribution is -0.384. The highest BCUT2D eigenvalue weighted by Crippen LogP contribution is 2.17. The van der Waals surface area contributed by atoms with Crippen molar-refractivity contribution in [1.82, 2.24) is 0 Å². The van der Waals surface area contributed by atoms with E-state index in [0.29, 0.717) is 0 Å². The van der Waals surface area contributed by atoms with Gasteiger partial charge in [-0.15, -0.1) is 0 Å². The number of rotatable bonds is 4. The number of hydrogen-bond acceptors (Lipinski definition) is 4. The van der Waals surface area contributed by atoms with E-state index in [1.54, 1.807) is 6.92 Å². The molecule has 0 saturated heterocycles. The van der Waals surface area contributed by atoms with Crippen LogP contribution in [0.25, 0.3) is 6.08 Å². The van der Waals surface area contributed by atoms with E-state index in [1.807, 2.05) is 0 Å².